The van der Waals surface area contributed by atoms with Crippen molar-refractivity contribution in [2.45, 2.75) is 57.9 Å². The van der Waals surface area contributed by atoms with Crippen molar-refractivity contribution >= 4 is 23.2 Å². The Morgan fingerprint density at radius 3 is 2.70 bits per heavy atom. The van der Waals surface area contributed by atoms with Gasteiger partial charge >= 0.3 is 0 Å². The highest BCUT2D eigenvalue weighted by Crippen LogP contribution is 2.32. The predicted octanol–water partition coefficient (Wildman–Crippen LogP) is 4.26. The van der Waals surface area contributed by atoms with Crippen molar-refractivity contribution < 1.29 is 19.1 Å². The van der Waals surface area contributed by atoms with Gasteiger partial charge in [-0.15, -0.1) is 0 Å². The molecule has 0 aromatic heterocycles. The van der Waals surface area contributed by atoms with E-state index in [0.29, 0.717) is 25.0 Å². The highest BCUT2D eigenvalue weighted by Gasteiger charge is 2.21. The van der Waals surface area contributed by atoms with Gasteiger partial charge in [-0.1, -0.05) is 31.9 Å². The number of ether oxygens (including phenoxy) is 2. The molecule has 4 rings (SSSR count). The van der Waals surface area contributed by atoms with Crippen LogP contribution < -0.4 is 25.0 Å². The summed E-state index contributed by atoms with van der Waals surface area (Å²) >= 11 is 0. The number of rotatable bonds is 10. The first-order chi connectivity index (χ1) is 16.1. The lowest BCUT2D eigenvalue weighted by atomic mass is 10.1. The summed E-state index contributed by atoms with van der Waals surface area (Å²) in [7, 11) is 0. The van der Waals surface area contributed by atoms with Crippen molar-refractivity contribution in [1.82, 2.24) is 5.32 Å². The zero-order valence-electron chi connectivity index (χ0n) is 19.3. The average Bonchev–Trinajstić information content (AvgIpc) is 3.52. The lowest BCUT2D eigenvalue weighted by Crippen LogP contribution is -2.43. The summed E-state index contributed by atoms with van der Waals surface area (Å²) in [6.07, 6.45) is 5.73. The molecule has 2 aromatic rings. The minimum Gasteiger partial charge on any atom is -0.454 e. The summed E-state index contributed by atoms with van der Waals surface area (Å²) in [5.41, 5.74) is 2.89. The number of carbonyl (C=O) groups excluding carboxylic acids is 2. The maximum atomic E-state index is 13.0. The number of hydrogen-bond donors (Lipinski definition) is 2. The molecule has 176 valence electrons. The fourth-order valence-electron chi connectivity index (χ4n) is 4.28. The van der Waals surface area contributed by atoms with E-state index < -0.39 is 6.04 Å². The van der Waals surface area contributed by atoms with Gasteiger partial charge < -0.3 is 25.0 Å². The van der Waals surface area contributed by atoms with Crippen LogP contribution in [0, 0.1) is 0 Å². The fourth-order valence-corrected chi connectivity index (χ4v) is 4.28. The predicted molar refractivity (Wildman–Crippen MR) is 129 cm³/mol. The number of aryl methyl sites for hydroxylation is 1. The largest absolute Gasteiger partial charge is 0.454 e. The standard InChI is InChI=1S/C26H33N3O4/c1-2-3-9-22(26(31)27-20-7-6-8-21(17-20)29-14-4-5-15-29)28-25(30)13-11-19-10-12-23-24(16-19)33-18-32-23/h6-8,10,12,16-17,22H,2-5,9,11,13-15,18H2,1H3,(H,27,31)(H,28,30). The minimum absolute atomic E-state index is 0.130. The van der Waals surface area contributed by atoms with Crippen LogP contribution in [0.2, 0.25) is 0 Å². The zero-order chi connectivity index (χ0) is 23.0. The number of fused-ring (bicyclic) bond motifs is 1. The lowest BCUT2D eigenvalue weighted by Gasteiger charge is -2.21. The van der Waals surface area contributed by atoms with Gasteiger partial charge in [0.2, 0.25) is 18.6 Å². The summed E-state index contributed by atoms with van der Waals surface area (Å²) in [4.78, 5) is 28.0. The van der Waals surface area contributed by atoms with Gasteiger partial charge in [-0.3, -0.25) is 9.59 Å². The van der Waals surface area contributed by atoms with Crippen molar-refractivity contribution in [3.05, 3.63) is 48.0 Å². The van der Waals surface area contributed by atoms with E-state index in [4.69, 9.17) is 9.47 Å². The highest BCUT2D eigenvalue weighted by molar-refractivity contribution is 5.97. The Morgan fingerprint density at radius 1 is 1.06 bits per heavy atom. The monoisotopic (exact) mass is 451 g/mol. The van der Waals surface area contributed by atoms with Crippen LogP contribution in [-0.2, 0) is 16.0 Å². The highest BCUT2D eigenvalue weighted by atomic mass is 16.7. The molecule has 2 N–H and O–H groups in total. The van der Waals surface area contributed by atoms with E-state index in [0.717, 1.165) is 48.6 Å². The van der Waals surface area contributed by atoms with Gasteiger partial charge in [0.25, 0.3) is 0 Å². The number of unbranched alkanes of at least 4 members (excludes halogenated alkanes) is 1. The Labute approximate surface area is 195 Å². The molecule has 0 spiro atoms. The summed E-state index contributed by atoms with van der Waals surface area (Å²) in [6.45, 7) is 4.41. The molecular formula is C26H33N3O4. The maximum absolute atomic E-state index is 13.0. The van der Waals surface area contributed by atoms with Gasteiger partial charge in [0.15, 0.2) is 11.5 Å². The maximum Gasteiger partial charge on any atom is 0.246 e. The summed E-state index contributed by atoms with van der Waals surface area (Å²) < 4.78 is 10.7. The van der Waals surface area contributed by atoms with E-state index in [9.17, 15) is 9.59 Å². The molecule has 0 bridgehead atoms. The van der Waals surface area contributed by atoms with Crippen LogP contribution in [0.5, 0.6) is 11.5 Å². The third-order valence-corrected chi connectivity index (χ3v) is 6.16. The molecule has 1 saturated heterocycles. The van der Waals surface area contributed by atoms with Crippen LogP contribution in [0.1, 0.15) is 51.0 Å². The number of amides is 2. The van der Waals surface area contributed by atoms with E-state index in [1.807, 2.05) is 36.4 Å². The van der Waals surface area contributed by atoms with Crippen LogP contribution in [0.25, 0.3) is 0 Å². The van der Waals surface area contributed by atoms with E-state index in [1.165, 1.54) is 12.8 Å². The summed E-state index contributed by atoms with van der Waals surface area (Å²) in [6, 6.07) is 13.1. The zero-order valence-corrected chi connectivity index (χ0v) is 19.3. The van der Waals surface area contributed by atoms with Crippen LogP contribution >= 0.6 is 0 Å². The first-order valence-electron chi connectivity index (χ1n) is 12.0. The van der Waals surface area contributed by atoms with Gasteiger partial charge in [-0.05, 0) is 61.6 Å². The normalized spacial score (nSPS) is 15.4. The molecule has 0 aliphatic carbocycles. The van der Waals surface area contributed by atoms with Crippen LogP contribution in [0.15, 0.2) is 42.5 Å². The Balaban J connectivity index is 1.33. The molecule has 2 amide bonds. The second kappa shape index (κ2) is 11.1. The van der Waals surface area contributed by atoms with Gasteiger partial charge in [0.05, 0.1) is 0 Å². The van der Waals surface area contributed by atoms with Crippen molar-refractivity contribution in [3.8, 4) is 11.5 Å². The van der Waals surface area contributed by atoms with Crippen molar-refractivity contribution in [1.29, 1.82) is 0 Å². The molecule has 2 heterocycles. The molecule has 1 fully saturated rings. The van der Waals surface area contributed by atoms with Crippen LogP contribution in [0.4, 0.5) is 11.4 Å². The Morgan fingerprint density at radius 2 is 1.88 bits per heavy atom. The molecule has 2 aliphatic rings. The van der Waals surface area contributed by atoms with E-state index in [1.54, 1.807) is 0 Å². The second-order valence-electron chi connectivity index (χ2n) is 8.68. The molecule has 1 unspecified atom stereocenters. The fraction of sp³-hybridized carbons (Fsp3) is 0.462. The molecule has 7 heteroatoms. The molecule has 33 heavy (non-hydrogen) atoms. The SMILES string of the molecule is CCCCC(NC(=O)CCc1ccc2c(c1)OCO2)C(=O)Nc1cccc(N2CCCC2)c1. The van der Waals surface area contributed by atoms with Gasteiger partial charge in [0.1, 0.15) is 6.04 Å². The van der Waals surface area contributed by atoms with Gasteiger partial charge in [-0.2, -0.15) is 0 Å². The third kappa shape index (κ3) is 6.18. The first-order valence-corrected chi connectivity index (χ1v) is 12.0. The molecule has 1 atom stereocenters. The summed E-state index contributed by atoms with van der Waals surface area (Å²) in [5, 5.41) is 5.96. The number of hydrogen-bond acceptors (Lipinski definition) is 5. The minimum atomic E-state index is -0.551. The number of nitrogens with one attached hydrogen (secondary N) is 2. The Kier molecular flexibility index (Phi) is 7.70. The first kappa shape index (κ1) is 23.0. The van der Waals surface area contributed by atoms with E-state index >= 15 is 0 Å². The Bertz CT molecular complexity index is 972. The Hall–Kier alpha value is -3.22. The lowest BCUT2D eigenvalue weighted by molar-refractivity contribution is -0.126. The van der Waals surface area contributed by atoms with Crippen molar-refractivity contribution in [2.24, 2.45) is 0 Å². The molecule has 0 radical (unpaired) electrons. The van der Waals surface area contributed by atoms with Crippen LogP contribution in [0.3, 0.4) is 0 Å². The smallest absolute Gasteiger partial charge is 0.246 e. The second-order valence-corrected chi connectivity index (χ2v) is 8.68. The topological polar surface area (TPSA) is 79.9 Å². The quantitative estimate of drug-likeness (QED) is 0.564. The van der Waals surface area contributed by atoms with Crippen molar-refractivity contribution in [2.75, 3.05) is 30.1 Å². The van der Waals surface area contributed by atoms with Gasteiger partial charge in [0, 0.05) is 30.9 Å². The molecule has 2 aliphatic heterocycles. The number of anilines is 2. The summed E-state index contributed by atoms with van der Waals surface area (Å²) in [5.74, 6) is 1.14. The van der Waals surface area contributed by atoms with Crippen LogP contribution in [-0.4, -0.2) is 37.7 Å². The molecular weight excluding hydrogens is 418 g/mol. The molecule has 0 saturated carbocycles. The van der Waals surface area contributed by atoms with E-state index in [-0.39, 0.29) is 18.6 Å². The van der Waals surface area contributed by atoms with E-state index in [2.05, 4.69) is 28.5 Å². The average molecular weight is 452 g/mol. The number of carbonyl (C=O) groups is 2. The number of nitrogens with zero attached hydrogens (tertiary/aromatic N) is 1. The van der Waals surface area contributed by atoms with Gasteiger partial charge in [-0.25, -0.2) is 0 Å². The molecule has 7 nitrogen and oxygen atoms in total. The third-order valence-electron chi connectivity index (χ3n) is 6.16. The van der Waals surface area contributed by atoms with Crippen molar-refractivity contribution in [3.63, 3.8) is 0 Å². The number of benzene rings is 2. The molecule has 2 aromatic carbocycles.